The van der Waals surface area contributed by atoms with Crippen LogP contribution in [0.5, 0.6) is 0 Å². The summed E-state index contributed by atoms with van der Waals surface area (Å²) in [6, 6.07) is 11.3. The lowest BCUT2D eigenvalue weighted by Crippen LogP contribution is -2.38. The molecular weight excluding hydrogens is 355 g/mol. The van der Waals surface area contributed by atoms with Gasteiger partial charge in [-0.05, 0) is 42.7 Å². The first-order valence-electron chi connectivity index (χ1n) is 9.42. The van der Waals surface area contributed by atoms with Gasteiger partial charge in [0.2, 0.25) is 5.91 Å². The average molecular weight is 378 g/mol. The third kappa shape index (κ3) is 3.55. The predicted molar refractivity (Wildman–Crippen MR) is 108 cm³/mol. The zero-order valence-corrected chi connectivity index (χ0v) is 15.7. The Labute approximate surface area is 163 Å². The number of amides is 1. The van der Waals surface area contributed by atoms with Crippen LogP contribution in [0.2, 0.25) is 0 Å². The third-order valence-electron chi connectivity index (χ3n) is 5.33. The molecule has 0 radical (unpaired) electrons. The van der Waals surface area contributed by atoms with Gasteiger partial charge in [-0.15, -0.1) is 0 Å². The molecule has 6 heteroatoms. The summed E-state index contributed by atoms with van der Waals surface area (Å²) in [6.07, 6.45) is 4.57. The number of aryl methyl sites for hydroxylation is 1. The van der Waals surface area contributed by atoms with Crippen molar-refractivity contribution in [2.45, 2.75) is 25.4 Å². The minimum atomic E-state index is -0.773. The van der Waals surface area contributed by atoms with Gasteiger partial charge in [-0.25, -0.2) is 4.39 Å². The minimum Gasteiger partial charge on any atom is -0.380 e. The van der Waals surface area contributed by atoms with Gasteiger partial charge in [0.05, 0.1) is 0 Å². The van der Waals surface area contributed by atoms with E-state index in [1.54, 1.807) is 17.0 Å². The first-order valence-corrected chi connectivity index (χ1v) is 9.42. The number of carbonyl (C=O) groups excluding carboxylic acids is 1. The Morgan fingerprint density at radius 3 is 2.82 bits per heavy atom. The zero-order chi connectivity index (χ0) is 19.7. The Hall–Kier alpha value is -2.99. The summed E-state index contributed by atoms with van der Waals surface area (Å²) in [6.45, 7) is 3.29. The average Bonchev–Trinajstić information content (AvgIpc) is 3.16. The SMILES string of the molecule is Cc1cncc2cccc(NC3CCN(C(=O)C(N)c4ccc(F)cc4)C3)c12. The molecule has 4 rings (SSSR count). The summed E-state index contributed by atoms with van der Waals surface area (Å²) in [5.41, 5.74) is 8.92. The van der Waals surface area contributed by atoms with Gasteiger partial charge < -0.3 is 16.0 Å². The number of anilines is 1. The third-order valence-corrected chi connectivity index (χ3v) is 5.33. The van der Waals surface area contributed by atoms with Crippen LogP contribution in [0.25, 0.3) is 10.8 Å². The van der Waals surface area contributed by atoms with Crippen molar-refractivity contribution in [3.8, 4) is 0 Å². The normalized spacial score (nSPS) is 17.7. The van der Waals surface area contributed by atoms with E-state index in [2.05, 4.69) is 16.4 Å². The second-order valence-corrected chi connectivity index (χ2v) is 7.30. The summed E-state index contributed by atoms with van der Waals surface area (Å²) >= 11 is 0. The highest BCUT2D eigenvalue weighted by Gasteiger charge is 2.30. The summed E-state index contributed by atoms with van der Waals surface area (Å²) in [5.74, 6) is -0.469. The van der Waals surface area contributed by atoms with Crippen molar-refractivity contribution < 1.29 is 9.18 Å². The van der Waals surface area contributed by atoms with Crippen LogP contribution in [0.4, 0.5) is 10.1 Å². The maximum atomic E-state index is 13.1. The Kier molecular flexibility index (Phi) is 4.96. The number of rotatable bonds is 4. The number of benzene rings is 2. The molecular formula is C22H23FN4O. The molecule has 5 nitrogen and oxygen atoms in total. The van der Waals surface area contributed by atoms with E-state index in [1.807, 2.05) is 31.5 Å². The number of likely N-dealkylation sites (tertiary alicyclic amines) is 1. The first kappa shape index (κ1) is 18.4. The van der Waals surface area contributed by atoms with E-state index >= 15 is 0 Å². The summed E-state index contributed by atoms with van der Waals surface area (Å²) in [5, 5.41) is 5.83. The van der Waals surface area contributed by atoms with E-state index in [0.717, 1.165) is 28.4 Å². The second-order valence-electron chi connectivity index (χ2n) is 7.30. The largest absolute Gasteiger partial charge is 0.380 e. The molecule has 0 saturated carbocycles. The van der Waals surface area contributed by atoms with Crippen LogP contribution in [-0.4, -0.2) is 34.9 Å². The maximum Gasteiger partial charge on any atom is 0.244 e. The molecule has 1 aromatic heterocycles. The van der Waals surface area contributed by atoms with Crippen LogP contribution in [0, 0.1) is 12.7 Å². The van der Waals surface area contributed by atoms with Crippen LogP contribution >= 0.6 is 0 Å². The monoisotopic (exact) mass is 378 g/mol. The summed E-state index contributed by atoms with van der Waals surface area (Å²) in [4.78, 5) is 18.8. The molecule has 0 aliphatic carbocycles. The molecule has 3 aromatic rings. The molecule has 2 unspecified atom stereocenters. The first-order chi connectivity index (χ1) is 13.5. The molecule has 1 amide bonds. The highest BCUT2D eigenvalue weighted by atomic mass is 19.1. The Morgan fingerprint density at radius 1 is 1.25 bits per heavy atom. The number of nitrogens with zero attached hydrogens (tertiary/aromatic N) is 2. The number of carbonyl (C=O) groups is 1. The number of hydrogen-bond donors (Lipinski definition) is 2. The van der Waals surface area contributed by atoms with Gasteiger partial charge in [-0.3, -0.25) is 9.78 Å². The van der Waals surface area contributed by atoms with Gasteiger partial charge in [0.15, 0.2) is 0 Å². The number of nitrogens with two attached hydrogens (primary N) is 1. The summed E-state index contributed by atoms with van der Waals surface area (Å²) in [7, 11) is 0. The quantitative estimate of drug-likeness (QED) is 0.730. The van der Waals surface area contributed by atoms with Crippen LogP contribution in [0.3, 0.4) is 0 Å². The molecule has 2 aromatic carbocycles. The van der Waals surface area contributed by atoms with E-state index in [9.17, 15) is 9.18 Å². The van der Waals surface area contributed by atoms with Crippen LogP contribution < -0.4 is 11.1 Å². The summed E-state index contributed by atoms with van der Waals surface area (Å²) < 4.78 is 13.1. The van der Waals surface area contributed by atoms with Gasteiger partial charge >= 0.3 is 0 Å². The van der Waals surface area contributed by atoms with Crippen molar-refractivity contribution in [2.75, 3.05) is 18.4 Å². The van der Waals surface area contributed by atoms with Crippen molar-refractivity contribution in [3.63, 3.8) is 0 Å². The second kappa shape index (κ2) is 7.56. The van der Waals surface area contributed by atoms with E-state index in [4.69, 9.17) is 5.73 Å². The standard InChI is InChI=1S/C22H23FN4O/c1-14-11-25-12-16-3-2-4-19(20(14)16)26-18-9-10-27(13-18)22(28)21(24)15-5-7-17(23)8-6-15/h2-8,11-12,18,21,26H,9-10,13,24H2,1H3. The topological polar surface area (TPSA) is 71.2 Å². The van der Waals surface area contributed by atoms with Crippen molar-refractivity contribution in [2.24, 2.45) is 5.73 Å². The number of halogens is 1. The van der Waals surface area contributed by atoms with Gasteiger partial charge in [-0.2, -0.15) is 0 Å². The molecule has 144 valence electrons. The number of nitrogens with one attached hydrogen (secondary N) is 1. The molecule has 2 heterocycles. The van der Waals surface area contributed by atoms with E-state index < -0.39 is 6.04 Å². The van der Waals surface area contributed by atoms with Crippen LogP contribution in [-0.2, 0) is 4.79 Å². The highest BCUT2D eigenvalue weighted by molar-refractivity contribution is 5.96. The minimum absolute atomic E-state index is 0.130. The van der Waals surface area contributed by atoms with E-state index in [1.165, 1.54) is 12.1 Å². The molecule has 2 atom stereocenters. The zero-order valence-electron chi connectivity index (χ0n) is 15.7. The molecule has 28 heavy (non-hydrogen) atoms. The van der Waals surface area contributed by atoms with Crippen molar-refractivity contribution >= 4 is 22.4 Å². The maximum absolute atomic E-state index is 13.1. The molecule has 1 fully saturated rings. The highest BCUT2D eigenvalue weighted by Crippen LogP contribution is 2.28. The van der Waals surface area contributed by atoms with Gasteiger partial charge in [0.1, 0.15) is 11.9 Å². The smallest absolute Gasteiger partial charge is 0.244 e. The van der Waals surface area contributed by atoms with Crippen molar-refractivity contribution in [1.82, 2.24) is 9.88 Å². The van der Waals surface area contributed by atoms with E-state index in [-0.39, 0.29) is 17.8 Å². The van der Waals surface area contributed by atoms with Crippen LogP contribution in [0.1, 0.15) is 23.6 Å². The Morgan fingerprint density at radius 2 is 2.04 bits per heavy atom. The fourth-order valence-corrected chi connectivity index (χ4v) is 3.84. The number of fused-ring (bicyclic) bond motifs is 1. The predicted octanol–water partition coefficient (Wildman–Crippen LogP) is 3.40. The number of aromatic nitrogens is 1. The lowest BCUT2D eigenvalue weighted by Gasteiger charge is -2.22. The Balaban J connectivity index is 1.46. The lowest BCUT2D eigenvalue weighted by molar-refractivity contribution is -0.131. The van der Waals surface area contributed by atoms with Gasteiger partial charge in [0, 0.05) is 48.0 Å². The Bertz CT molecular complexity index is 1000. The van der Waals surface area contributed by atoms with Crippen LogP contribution in [0.15, 0.2) is 54.9 Å². The molecule has 1 aliphatic rings. The van der Waals surface area contributed by atoms with Gasteiger partial charge in [-0.1, -0.05) is 24.3 Å². The van der Waals surface area contributed by atoms with Gasteiger partial charge in [0.25, 0.3) is 0 Å². The van der Waals surface area contributed by atoms with E-state index in [0.29, 0.717) is 18.7 Å². The fourth-order valence-electron chi connectivity index (χ4n) is 3.84. The number of hydrogen-bond acceptors (Lipinski definition) is 4. The molecule has 3 N–H and O–H groups in total. The fraction of sp³-hybridized carbons (Fsp3) is 0.273. The molecule has 0 bridgehead atoms. The molecule has 1 aliphatic heterocycles. The lowest BCUT2D eigenvalue weighted by atomic mass is 10.1. The van der Waals surface area contributed by atoms with Crippen molar-refractivity contribution in [3.05, 3.63) is 71.8 Å². The van der Waals surface area contributed by atoms with Crippen molar-refractivity contribution in [1.29, 1.82) is 0 Å². The number of pyridine rings is 1. The molecule has 1 saturated heterocycles. The molecule has 0 spiro atoms.